The van der Waals surface area contributed by atoms with E-state index >= 15 is 0 Å². The fourth-order valence-electron chi connectivity index (χ4n) is 3.16. The molecule has 1 fully saturated rings. The summed E-state index contributed by atoms with van der Waals surface area (Å²) in [5.74, 6) is 0.256. The molecule has 1 aromatic rings. The fourth-order valence-corrected chi connectivity index (χ4v) is 3.16. The maximum absolute atomic E-state index is 12.3. The fraction of sp³-hybridized carbons (Fsp3) is 0.533. The quantitative estimate of drug-likeness (QED) is 0.723. The van der Waals surface area contributed by atoms with Crippen molar-refractivity contribution < 1.29 is 4.79 Å². The Kier molecular flexibility index (Phi) is 2.65. The Morgan fingerprint density at radius 3 is 2.71 bits per heavy atom. The van der Waals surface area contributed by atoms with Crippen LogP contribution in [0.1, 0.15) is 53.6 Å². The molecule has 0 radical (unpaired) electrons. The van der Waals surface area contributed by atoms with Crippen molar-refractivity contribution in [2.45, 2.75) is 51.6 Å². The lowest BCUT2D eigenvalue weighted by Crippen LogP contribution is -2.36. The SMILES string of the molecule is Cc1ccc2c(c1)CN(C1CCCCC1)C2=O. The molecule has 0 unspecified atom stereocenters. The van der Waals surface area contributed by atoms with Gasteiger partial charge in [-0.1, -0.05) is 37.0 Å². The van der Waals surface area contributed by atoms with Gasteiger partial charge in [-0.15, -0.1) is 0 Å². The van der Waals surface area contributed by atoms with Crippen molar-refractivity contribution in [1.82, 2.24) is 4.90 Å². The largest absolute Gasteiger partial charge is 0.331 e. The minimum absolute atomic E-state index is 0.256. The van der Waals surface area contributed by atoms with Crippen molar-refractivity contribution in [2.75, 3.05) is 0 Å². The normalized spacial score (nSPS) is 20.8. The van der Waals surface area contributed by atoms with Crippen molar-refractivity contribution in [2.24, 2.45) is 0 Å². The highest BCUT2D eigenvalue weighted by Crippen LogP contribution is 2.31. The summed E-state index contributed by atoms with van der Waals surface area (Å²) in [7, 11) is 0. The summed E-state index contributed by atoms with van der Waals surface area (Å²) in [4.78, 5) is 14.4. The van der Waals surface area contributed by atoms with E-state index in [1.54, 1.807) is 0 Å². The Balaban J connectivity index is 1.85. The van der Waals surface area contributed by atoms with E-state index < -0.39 is 0 Å². The topological polar surface area (TPSA) is 20.3 Å². The summed E-state index contributed by atoms with van der Waals surface area (Å²) in [5, 5.41) is 0. The van der Waals surface area contributed by atoms with Crippen molar-refractivity contribution in [3.8, 4) is 0 Å². The van der Waals surface area contributed by atoms with Gasteiger partial charge in [0.15, 0.2) is 0 Å². The number of hydrogen-bond acceptors (Lipinski definition) is 1. The van der Waals surface area contributed by atoms with Crippen LogP contribution in [0.25, 0.3) is 0 Å². The summed E-state index contributed by atoms with van der Waals surface area (Å²) in [6, 6.07) is 6.69. The molecule has 2 heteroatoms. The number of amides is 1. The first kappa shape index (κ1) is 10.8. The monoisotopic (exact) mass is 229 g/mol. The third kappa shape index (κ3) is 1.86. The summed E-state index contributed by atoms with van der Waals surface area (Å²) in [6.07, 6.45) is 6.29. The number of benzene rings is 1. The van der Waals surface area contributed by atoms with Gasteiger partial charge in [-0.25, -0.2) is 0 Å². The van der Waals surface area contributed by atoms with Crippen molar-refractivity contribution in [3.63, 3.8) is 0 Å². The molecule has 1 amide bonds. The third-order valence-electron chi connectivity index (χ3n) is 4.11. The van der Waals surface area contributed by atoms with Crippen LogP contribution >= 0.6 is 0 Å². The molecule has 3 rings (SSSR count). The Morgan fingerprint density at radius 2 is 1.94 bits per heavy atom. The van der Waals surface area contributed by atoms with Gasteiger partial charge < -0.3 is 4.90 Å². The van der Waals surface area contributed by atoms with Gasteiger partial charge in [0.25, 0.3) is 5.91 Å². The number of carbonyl (C=O) groups excluding carboxylic acids is 1. The molecule has 17 heavy (non-hydrogen) atoms. The van der Waals surface area contributed by atoms with Crippen LogP contribution in [0, 0.1) is 6.92 Å². The van der Waals surface area contributed by atoms with Crippen LogP contribution in [0.15, 0.2) is 18.2 Å². The first-order valence-corrected chi connectivity index (χ1v) is 6.66. The van der Waals surface area contributed by atoms with Crippen LogP contribution in [-0.2, 0) is 6.54 Å². The van der Waals surface area contributed by atoms with E-state index in [0.717, 1.165) is 12.1 Å². The van der Waals surface area contributed by atoms with E-state index in [9.17, 15) is 4.79 Å². The molecule has 2 nitrogen and oxygen atoms in total. The molecular formula is C15H19NO. The van der Waals surface area contributed by atoms with Crippen LogP contribution in [-0.4, -0.2) is 16.8 Å². The Morgan fingerprint density at radius 1 is 1.18 bits per heavy atom. The van der Waals surface area contributed by atoms with E-state index in [2.05, 4.69) is 17.9 Å². The molecule has 2 aliphatic rings. The number of fused-ring (bicyclic) bond motifs is 1. The standard InChI is InChI=1S/C15H19NO/c1-11-7-8-14-12(9-11)10-16(15(14)17)13-5-3-2-4-6-13/h7-9,13H,2-6,10H2,1H3. The number of nitrogens with zero attached hydrogens (tertiary/aromatic N) is 1. The summed E-state index contributed by atoms with van der Waals surface area (Å²) >= 11 is 0. The molecule has 1 aliphatic carbocycles. The number of aryl methyl sites for hydroxylation is 1. The molecule has 1 aliphatic heterocycles. The van der Waals surface area contributed by atoms with Crippen LogP contribution < -0.4 is 0 Å². The predicted octanol–water partition coefficient (Wildman–Crippen LogP) is 3.28. The van der Waals surface area contributed by atoms with Crippen LogP contribution in [0.5, 0.6) is 0 Å². The highest BCUT2D eigenvalue weighted by Gasteiger charge is 2.32. The molecule has 0 bridgehead atoms. The van der Waals surface area contributed by atoms with E-state index in [4.69, 9.17) is 0 Å². The molecule has 90 valence electrons. The molecule has 1 aromatic carbocycles. The molecule has 0 aromatic heterocycles. The van der Waals surface area contributed by atoms with Gasteiger partial charge in [-0.3, -0.25) is 4.79 Å². The Hall–Kier alpha value is -1.31. The first-order chi connectivity index (χ1) is 8.25. The molecular weight excluding hydrogens is 210 g/mol. The maximum atomic E-state index is 12.3. The van der Waals surface area contributed by atoms with E-state index in [1.807, 2.05) is 12.1 Å². The number of rotatable bonds is 1. The lowest BCUT2D eigenvalue weighted by molar-refractivity contribution is 0.0660. The zero-order valence-electron chi connectivity index (χ0n) is 10.4. The summed E-state index contributed by atoms with van der Waals surface area (Å²) in [5.41, 5.74) is 3.41. The van der Waals surface area contributed by atoms with Gasteiger partial charge in [0, 0.05) is 18.2 Å². The van der Waals surface area contributed by atoms with Crippen molar-refractivity contribution in [1.29, 1.82) is 0 Å². The molecule has 0 spiro atoms. The lowest BCUT2D eigenvalue weighted by atomic mass is 9.94. The van der Waals surface area contributed by atoms with Gasteiger partial charge in [0.2, 0.25) is 0 Å². The Bertz CT molecular complexity index is 446. The first-order valence-electron chi connectivity index (χ1n) is 6.66. The highest BCUT2D eigenvalue weighted by molar-refractivity contribution is 5.98. The van der Waals surface area contributed by atoms with Crippen LogP contribution in [0.3, 0.4) is 0 Å². The van der Waals surface area contributed by atoms with Crippen molar-refractivity contribution in [3.05, 3.63) is 34.9 Å². The maximum Gasteiger partial charge on any atom is 0.254 e. The smallest absolute Gasteiger partial charge is 0.254 e. The lowest BCUT2D eigenvalue weighted by Gasteiger charge is -2.30. The second-order valence-corrected chi connectivity index (χ2v) is 5.39. The van der Waals surface area contributed by atoms with Crippen LogP contribution in [0.4, 0.5) is 0 Å². The predicted molar refractivity (Wildman–Crippen MR) is 67.9 cm³/mol. The van der Waals surface area contributed by atoms with E-state index in [0.29, 0.717) is 6.04 Å². The van der Waals surface area contributed by atoms with Crippen molar-refractivity contribution >= 4 is 5.91 Å². The zero-order chi connectivity index (χ0) is 11.8. The molecule has 0 atom stereocenters. The van der Waals surface area contributed by atoms with E-state index in [-0.39, 0.29) is 5.91 Å². The number of hydrogen-bond donors (Lipinski definition) is 0. The Labute approximate surface area is 103 Å². The molecule has 0 N–H and O–H groups in total. The zero-order valence-corrected chi connectivity index (χ0v) is 10.4. The molecule has 1 heterocycles. The summed E-state index contributed by atoms with van der Waals surface area (Å²) < 4.78 is 0. The second kappa shape index (κ2) is 4.17. The molecule has 0 saturated heterocycles. The third-order valence-corrected chi connectivity index (χ3v) is 4.11. The second-order valence-electron chi connectivity index (χ2n) is 5.39. The van der Waals surface area contributed by atoms with Gasteiger partial charge >= 0.3 is 0 Å². The average Bonchev–Trinajstić information content (AvgIpc) is 2.67. The van der Waals surface area contributed by atoms with Gasteiger partial charge in [-0.05, 0) is 31.4 Å². The minimum Gasteiger partial charge on any atom is -0.331 e. The molecule has 1 saturated carbocycles. The highest BCUT2D eigenvalue weighted by atomic mass is 16.2. The van der Waals surface area contributed by atoms with Crippen LogP contribution in [0.2, 0.25) is 0 Å². The van der Waals surface area contributed by atoms with Gasteiger partial charge in [0.05, 0.1) is 0 Å². The number of carbonyl (C=O) groups is 1. The van der Waals surface area contributed by atoms with E-state index in [1.165, 1.54) is 43.2 Å². The average molecular weight is 229 g/mol. The minimum atomic E-state index is 0.256. The van der Waals surface area contributed by atoms with Gasteiger partial charge in [0.1, 0.15) is 0 Å². The van der Waals surface area contributed by atoms with Gasteiger partial charge in [-0.2, -0.15) is 0 Å². The summed E-state index contributed by atoms with van der Waals surface area (Å²) in [6.45, 7) is 2.93.